The number of aliphatic imine (C=N–C) groups is 1. The number of amidine groups is 1. The molecule has 0 aliphatic heterocycles. The molecule has 0 aromatic carbocycles. The van der Waals surface area contributed by atoms with Crippen molar-refractivity contribution < 1.29 is 9.26 Å². The van der Waals surface area contributed by atoms with Crippen molar-refractivity contribution in [3.63, 3.8) is 0 Å². The van der Waals surface area contributed by atoms with E-state index < -0.39 is 0 Å². The van der Waals surface area contributed by atoms with E-state index in [0.29, 0.717) is 11.6 Å². The van der Waals surface area contributed by atoms with Gasteiger partial charge < -0.3 is 14.6 Å². The fourth-order valence-electron chi connectivity index (χ4n) is 2.14. The summed E-state index contributed by atoms with van der Waals surface area (Å²) < 4.78 is 10.5. The molecule has 0 radical (unpaired) electrons. The van der Waals surface area contributed by atoms with Gasteiger partial charge in [0.2, 0.25) is 5.88 Å². The van der Waals surface area contributed by atoms with E-state index in [1.54, 1.807) is 13.3 Å². The van der Waals surface area contributed by atoms with Gasteiger partial charge in [0.25, 0.3) is 0 Å². The fourth-order valence-corrected chi connectivity index (χ4v) is 2.14. The third-order valence-corrected chi connectivity index (χ3v) is 3.15. The number of anilines is 1. The third-order valence-electron chi connectivity index (χ3n) is 3.15. The largest absolute Gasteiger partial charge is 0.480 e. The summed E-state index contributed by atoms with van der Waals surface area (Å²) in [6.07, 6.45) is 5.95. The van der Waals surface area contributed by atoms with Crippen molar-refractivity contribution in [1.29, 1.82) is 5.41 Å². The Bertz CT molecular complexity index is 746. The Morgan fingerprint density at radius 2 is 2.12 bits per heavy atom. The summed E-state index contributed by atoms with van der Waals surface area (Å²) in [4.78, 5) is 8.20. The van der Waals surface area contributed by atoms with E-state index in [9.17, 15) is 0 Å². The third kappa shape index (κ3) is 5.84. The topological polar surface area (TPSA) is 96.4 Å². The Hall–Kier alpha value is -2.96. The molecule has 0 saturated heterocycles. The summed E-state index contributed by atoms with van der Waals surface area (Å²) in [5, 5.41) is 14.8. The molecule has 2 heterocycles. The first-order chi connectivity index (χ1) is 12.5. The van der Waals surface area contributed by atoms with Gasteiger partial charge in [0.05, 0.1) is 25.0 Å². The maximum Gasteiger partial charge on any atom is 0.237 e. The molecule has 2 N–H and O–H groups in total. The van der Waals surface area contributed by atoms with Crippen LogP contribution in [0.3, 0.4) is 0 Å². The van der Waals surface area contributed by atoms with E-state index in [4.69, 9.17) is 14.7 Å². The first-order valence-corrected chi connectivity index (χ1v) is 8.42. The van der Waals surface area contributed by atoms with Crippen LogP contribution in [-0.2, 0) is 0 Å². The number of nitrogens with one attached hydrogen (secondary N) is 2. The molecule has 140 valence electrons. The van der Waals surface area contributed by atoms with Crippen molar-refractivity contribution >= 4 is 17.7 Å². The van der Waals surface area contributed by atoms with E-state index in [1.165, 1.54) is 18.7 Å². The molecule has 0 atom stereocenters. The highest BCUT2D eigenvalue weighted by Gasteiger charge is 2.14. The molecule has 2 aromatic heterocycles. The number of pyridine rings is 1. The standard InChI is InChI=1S/C16H19N5O2.C3H8/c1-5-6-18-14(17)9-19-13-7-12(8-20-16(13)22-4)15-10(2)21-23-11(15)3;1-3-2/h5-8,17,19H,1,9H2,2-4H3;3H2,1-2H3. The van der Waals surface area contributed by atoms with Crippen molar-refractivity contribution in [2.45, 2.75) is 34.1 Å². The van der Waals surface area contributed by atoms with Crippen LogP contribution in [-0.4, -0.2) is 35.8 Å². The highest BCUT2D eigenvalue weighted by atomic mass is 16.5. The SMILES string of the molecule is C=CC=NC(=N)CNc1cc(-c2c(C)noc2C)cnc1OC.CCC. The van der Waals surface area contributed by atoms with E-state index in [1.807, 2.05) is 19.9 Å². The molecule has 0 aliphatic rings. The van der Waals surface area contributed by atoms with Gasteiger partial charge in [0, 0.05) is 23.5 Å². The Kier molecular flexibility index (Phi) is 8.77. The smallest absolute Gasteiger partial charge is 0.237 e. The van der Waals surface area contributed by atoms with Gasteiger partial charge in [0.15, 0.2) is 0 Å². The van der Waals surface area contributed by atoms with Crippen LogP contribution in [0.4, 0.5) is 5.69 Å². The quantitative estimate of drug-likeness (QED) is 0.589. The molecule has 0 unspecified atom stereocenters. The van der Waals surface area contributed by atoms with Crippen LogP contribution in [0.2, 0.25) is 0 Å². The zero-order chi connectivity index (χ0) is 19.5. The van der Waals surface area contributed by atoms with Gasteiger partial charge in [0.1, 0.15) is 11.6 Å². The normalized spacial score (nSPS) is 10.2. The lowest BCUT2D eigenvalue weighted by atomic mass is 10.1. The predicted molar refractivity (Wildman–Crippen MR) is 107 cm³/mol. The molecule has 7 heteroatoms. The lowest BCUT2D eigenvalue weighted by Crippen LogP contribution is -2.12. The number of ether oxygens (including phenoxy) is 1. The molecule has 0 fully saturated rings. The Labute approximate surface area is 154 Å². The minimum Gasteiger partial charge on any atom is -0.480 e. The van der Waals surface area contributed by atoms with Gasteiger partial charge in [-0.15, -0.1) is 0 Å². The van der Waals surface area contributed by atoms with E-state index in [-0.39, 0.29) is 12.4 Å². The van der Waals surface area contributed by atoms with E-state index >= 15 is 0 Å². The second kappa shape index (κ2) is 10.8. The molecular weight excluding hydrogens is 330 g/mol. The molecule has 0 amide bonds. The molecule has 0 bridgehead atoms. The highest BCUT2D eigenvalue weighted by Crippen LogP contribution is 2.31. The molecule has 0 aliphatic carbocycles. The molecule has 7 nitrogen and oxygen atoms in total. The van der Waals surface area contributed by atoms with Gasteiger partial charge >= 0.3 is 0 Å². The summed E-state index contributed by atoms with van der Waals surface area (Å²) in [7, 11) is 1.55. The van der Waals surface area contributed by atoms with Gasteiger partial charge in [-0.2, -0.15) is 0 Å². The number of aromatic nitrogens is 2. The minimum absolute atomic E-state index is 0.176. The van der Waals surface area contributed by atoms with E-state index in [2.05, 4.69) is 40.9 Å². The summed E-state index contributed by atoms with van der Waals surface area (Å²) in [5.74, 6) is 1.35. The van der Waals surface area contributed by atoms with Gasteiger partial charge in [-0.25, -0.2) is 9.98 Å². The Balaban J connectivity index is 0.00000105. The highest BCUT2D eigenvalue weighted by molar-refractivity contribution is 5.92. The summed E-state index contributed by atoms with van der Waals surface area (Å²) in [6, 6.07) is 1.89. The average Bonchev–Trinajstić information content (AvgIpc) is 2.97. The zero-order valence-electron chi connectivity index (χ0n) is 16.1. The molecule has 26 heavy (non-hydrogen) atoms. The van der Waals surface area contributed by atoms with Crippen molar-refractivity contribution in [1.82, 2.24) is 10.1 Å². The summed E-state index contributed by atoms with van der Waals surface area (Å²) in [5.41, 5.74) is 3.24. The van der Waals surface area contributed by atoms with Crippen LogP contribution < -0.4 is 10.1 Å². The number of allylic oxidation sites excluding steroid dienone is 1. The van der Waals surface area contributed by atoms with Crippen molar-refractivity contribution in [2.24, 2.45) is 4.99 Å². The van der Waals surface area contributed by atoms with Crippen LogP contribution in [0, 0.1) is 19.3 Å². The van der Waals surface area contributed by atoms with E-state index in [0.717, 1.165) is 22.6 Å². The van der Waals surface area contributed by atoms with Crippen molar-refractivity contribution in [3.8, 4) is 17.0 Å². The Morgan fingerprint density at radius 3 is 2.65 bits per heavy atom. The van der Waals surface area contributed by atoms with Crippen molar-refractivity contribution in [2.75, 3.05) is 19.0 Å². The molecule has 0 saturated carbocycles. The van der Waals surface area contributed by atoms with Crippen LogP contribution in [0.25, 0.3) is 11.1 Å². The van der Waals surface area contributed by atoms with Gasteiger partial charge in [-0.3, -0.25) is 5.41 Å². The first kappa shape index (κ1) is 21.1. The summed E-state index contributed by atoms with van der Waals surface area (Å²) >= 11 is 0. The predicted octanol–water partition coefficient (Wildman–Crippen LogP) is 4.42. The van der Waals surface area contributed by atoms with Crippen LogP contribution in [0.1, 0.15) is 31.7 Å². The first-order valence-electron chi connectivity index (χ1n) is 8.42. The number of hydrogen-bond acceptors (Lipinski definition) is 6. The zero-order valence-corrected chi connectivity index (χ0v) is 16.1. The Morgan fingerprint density at radius 1 is 1.42 bits per heavy atom. The lowest BCUT2D eigenvalue weighted by Gasteiger charge is -2.11. The molecule has 2 rings (SSSR count). The maximum atomic E-state index is 7.74. The number of aryl methyl sites for hydroxylation is 2. The average molecular weight is 357 g/mol. The number of hydrogen-bond donors (Lipinski definition) is 2. The number of nitrogens with zero attached hydrogens (tertiary/aromatic N) is 3. The van der Waals surface area contributed by atoms with Crippen molar-refractivity contribution in [3.05, 3.63) is 36.4 Å². The van der Waals surface area contributed by atoms with Gasteiger partial charge in [-0.05, 0) is 19.9 Å². The van der Waals surface area contributed by atoms with Crippen LogP contribution >= 0.6 is 0 Å². The second-order valence-electron chi connectivity index (χ2n) is 5.50. The van der Waals surface area contributed by atoms with Crippen LogP contribution in [0.5, 0.6) is 5.88 Å². The fraction of sp³-hybridized carbons (Fsp3) is 0.368. The van der Waals surface area contributed by atoms with Gasteiger partial charge in [-0.1, -0.05) is 38.1 Å². The monoisotopic (exact) mass is 357 g/mol. The molecule has 0 spiro atoms. The number of rotatable bonds is 6. The maximum absolute atomic E-state index is 7.74. The molecular formula is C19H27N5O2. The lowest BCUT2D eigenvalue weighted by molar-refractivity contribution is 0.393. The van der Waals surface area contributed by atoms with Crippen LogP contribution in [0.15, 0.2) is 34.4 Å². The second-order valence-corrected chi connectivity index (χ2v) is 5.50. The minimum atomic E-state index is 0.176. The summed E-state index contributed by atoms with van der Waals surface area (Å²) in [6.45, 7) is 11.7. The molecule has 2 aromatic rings. The number of methoxy groups -OCH3 is 1.